The first-order chi connectivity index (χ1) is 19.1. The number of azide groups is 1. The van der Waals surface area contributed by atoms with Gasteiger partial charge in [0.1, 0.15) is 0 Å². The van der Waals surface area contributed by atoms with E-state index in [9.17, 15) is 5.53 Å². The molecule has 0 heterocycles. The third-order valence-corrected chi connectivity index (χ3v) is 17.1. The summed E-state index contributed by atoms with van der Waals surface area (Å²) in [4.78, 5) is 3.24. The first kappa shape index (κ1) is 27.8. The number of rotatable bonds is 5. The molecule has 7 atom stereocenters. The summed E-state index contributed by atoms with van der Waals surface area (Å²) in [7, 11) is -2.56. The van der Waals surface area contributed by atoms with Crippen molar-refractivity contribution in [3.05, 3.63) is 82.8 Å². The molecule has 0 saturated heterocycles. The Morgan fingerprint density at radius 2 is 1.52 bits per heavy atom. The molecule has 2 aromatic carbocycles. The number of benzene rings is 2. The molecule has 3 saturated carbocycles. The van der Waals surface area contributed by atoms with E-state index in [0.717, 1.165) is 31.1 Å². The number of nitrogens with zero attached hydrogens (tertiary/aromatic N) is 3. The summed E-state index contributed by atoms with van der Waals surface area (Å²) in [6.07, 6.45) is 12.2. The first-order valence-corrected chi connectivity index (χ1v) is 17.6. The lowest BCUT2D eigenvalue weighted by Gasteiger charge is -2.58. The molecule has 0 aliphatic heterocycles. The first-order valence-electron chi connectivity index (χ1n) is 15.7. The normalized spacial score (nSPS) is 35.5. The molecule has 2 aromatic rings. The Hall–Kier alpha value is -2.33. The van der Waals surface area contributed by atoms with Crippen molar-refractivity contribution in [3.63, 3.8) is 0 Å². The second-order valence-electron chi connectivity index (χ2n) is 14.7. The monoisotopic (exact) mass is 553 g/mol. The number of hydrogen-bond acceptors (Lipinski definition) is 2. The molecule has 4 aliphatic rings. The van der Waals surface area contributed by atoms with Crippen LogP contribution in [0, 0.1) is 28.6 Å². The Kier molecular flexibility index (Phi) is 7.08. The van der Waals surface area contributed by atoms with Crippen molar-refractivity contribution in [1.82, 2.24) is 0 Å². The van der Waals surface area contributed by atoms with Crippen molar-refractivity contribution in [3.8, 4) is 0 Å². The Balaban J connectivity index is 1.31. The van der Waals surface area contributed by atoms with Gasteiger partial charge in [0.25, 0.3) is 8.32 Å². The van der Waals surface area contributed by atoms with Gasteiger partial charge in [-0.1, -0.05) is 112 Å². The lowest BCUT2D eigenvalue weighted by Crippen LogP contribution is -2.68. The third-order valence-electron chi connectivity index (χ3n) is 12.0. The third kappa shape index (κ3) is 4.23. The van der Waals surface area contributed by atoms with Crippen LogP contribution in [-0.4, -0.2) is 20.5 Å². The molecular formula is C35H47N3OSi. The Bertz CT molecular complexity index is 1260. The molecule has 3 fully saturated rings. The summed E-state index contributed by atoms with van der Waals surface area (Å²) in [5.74, 6) is 2.15. The fraction of sp³-hybridized carbons (Fsp3) is 0.600. The van der Waals surface area contributed by atoms with E-state index in [4.69, 9.17) is 4.43 Å². The van der Waals surface area contributed by atoms with Crippen molar-refractivity contribution in [2.75, 3.05) is 0 Å². The quantitative estimate of drug-likeness (QED) is 0.120. The highest BCUT2D eigenvalue weighted by molar-refractivity contribution is 6.99. The molecule has 0 bridgehead atoms. The number of fused-ring (bicyclic) bond motifs is 5. The van der Waals surface area contributed by atoms with Crippen molar-refractivity contribution in [2.24, 2.45) is 33.7 Å². The zero-order valence-electron chi connectivity index (χ0n) is 25.1. The fourth-order valence-corrected chi connectivity index (χ4v) is 14.6. The van der Waals surface area contributed by atoms with Gasteiger partial charge < -0.3 is 4.43 Å². The summed E-state index contributed by atoms with van der Waals surface area (Å²) < 4.78 is 7.62. The summed E-state index contributed by atoms with van der Waals surface area (Å²) >= 11 is 0. The van der Waals surface area contributed by atoms with Crippen molar-refractivity contribution < 1.29 is 4.43 Å². The molecule has 5 heteroatoms. The van der Waals surface area contributed by atoms with Crippen molar-refractivity contribution in [1.29, 1.82) is 0 Å². The maximum Gasteiger partial charge on any atom is 0.261 e. The molecule has 0 radical (unpaired) electrons. The van der Waals surface area contributed by atoms with Crippen molar-refractivity contribution >= 4 is 18.7 Å². The topological polar surface area (TPSA) is 58.0 Å². The van der Waals surface area contributed by atoms with Gasteiger partial charge in [-0.3, -0.25) is 0 Å². The van der Waals surface area contributed by atoms with Crippen LogP contribution in [0.25, 0.3) is 10.4 Å². The summed E-state index contributed by atoms with van der Waals surface area (Å²) in [5, 5.41) is 7.04. The van der Waals surface area contributed by atoms with E-state index in [2.05, 4.69) is 111 Å². The predicted octanol–water partition coefficient (Wildman–Crippen LogP) is 8.57. The molecule has 3 unspecified atom stereocenters. The SMILES string of the molecule is CC(C)(C)[Si](O[C@H]1CC[C@@]2(C)C(=CCC3C2CC[C@@]2(C)C3CC[C@H]2N=[N+]=[N-])C1)(c1ccccc1)c1ccccc1. The molecule has 212 valence electrons. The molecule has 4 nitrogen and oxygen atoms in total. The van der Waals surface area contributed by atoms with Crippen LogP contribution in [0.3, 0.4) is 0 Å². The van der Waals surface area contributed by atoms with Crippen LogP contribution in [-0.2, 0) is 4.43 Å². The second kappa shape index (κ2) is 10.2. The van der Waals surface area contributed by atoms with Gasteiger partial charge in [0.2, 0.25) is 0 Å². The smallest absolute Gasteiger partial charge is 0.261 e. The largest absolute Gasteiger partial charge is 0.404 e. The minimum Gasteiger partial charge on any atom is -0.404 e. The number of hydrogen-bond donors (Lipinski definition) is 0. The van der Waals surface area contributed by atoms with E-state index in [0.29, 0.717) is 5.92 Å². The van der Waals surface area contributed by atoms with Crippen LogP contribution in [0.2, 0.25) is 5.04 Å². The molecule has 0 spiro atoms. The van der Waals surface area contributed by atoms with Gasteiger partial charge in [-0.05, 0) is 101 Å². The highest BCUT2D eigenvalue weighted by Gasteiger charge is 2.59. The zero-order chi connectivity index (χ0) is 28.2. The van der Waals surface area contributed by atoms with E-state index < -0.39 is 8.32 Å². The molecule has 4 aliphatic carbocycles. The fourth-order valence-electron chi connectivity index (χ4n) is 9.89. The van der Waals surface area contributed by atoms with Gasteiger partial charge in [0.15, 0.2) is 0 Å². The minimum absolute atomic E-state index is 0.00124. The van der Waals surface area contributed by atoms with Gasteiger partial charge in [-0.2, -0.15) is 0 Å². The van der Waals surface area contributed by atoms with Gasteiger partial charge in [-0.15, -0.1) is 0 Å². The molecule has 40 heavy (non-hydrogen) atoms. The van der Waals surface area contributed by atoms with Crippen LogP contribution in [0.5, 0.6) is 0 Å². The summed E-state index contributed by atoms with van der Waals surface area (Å²) in [5.41, 5.74) is 11.3. The van der Waals surface area contributed by atoms with E-state index in [1.54, 1.807) is 5.57 Å². The predicted molar refractivity (Wildman–Crippen MR) is 167 cm³/mol. The Labute approximate surface area is 242 Å². The van der Waals surface area contributed by atoms with Crippen LogP contribution in [0.1, 0.15) is 86.0 Å². The number of allylic oxidation sites excluding steroid dienone is 1. The molecule has 0 amide bonds. The summed E-state index contributed by atoms with van der Waals surface area (Å²) in [6.45, 7) is 12.2. The average Bonchev–Trinajstić information content (AvgIpc) is 3.28. The lowest BCUT2D eigenvalue weighted by molar-refractivity contribution is -0.0387. The maximum atomic E-state index is 9.20. The van der Waals surface area contributed by atoms with Crippen LogP contribution >= 0.6 is 0 Å². The maximum absolute atomic E-state index is 9.20. The van der Waals surface area contributed by atoms with Crippen molar-refractivity contribution in [2.45, 2.75) is 103 Å². The van der Waals surface area contributed by atoms with Gasteiger partial charge in [0, 0.05) is 17.1 Å². The molecule has 0 aromatic heterocycles. The molecule has 6 rings (SSSR count). The van der Waals surface area contributed by atoms with Crippen LogP contribution in [0.15, 0.2) is 77.4 Å². The summed E-state index contributed by atoms with van der Waals surface area (Å²) in [6, 6.07) is 22.4. The van der Waals surface area contributed by atoms with Crippen LogP contribution in [0.4, 0.5) is 0 Å². The highest BCUT2D eigenvalue weighted by atomic mass is 28.4. The average molecular weight is 554 g/mol. The van der Waals surface area contributed by atoms with E-state index in [1.165, 1.54) is 42.5 Å². The van der Waals surface area contributed by atoms with E-state index in [-0.39, 0.29) is 28.0 Å². The van der Waals surface area contributed by atoms with E-state index >= 15 is 0 Å². The lowest BCUT2D eigenvalue weighted by atomic mass is 9.48. The standard InChI is InChI=1S/C35H47N3OSi/c1-33(2,3)40(27-12-8-6-9-13-27,28-14-10-7-11-15-28)39-26-20-22-34(4)25(24-26)16-17-29-30-18-19-32(37-38-36)35(30,5)23-21-31(29)34/h6-16,26,29-32H,17-24H2,1-5H3/t26-,29?,30?,31?,32+,34-,35-/m0/s1. The highest BCUT2D eigenvalue weighted by Crippen LogP contribution is 2.65. The van der Waals surface area contributed by atoms with Gasteiger partial charge >= 0.3 is 0 Å². The molecular weight excluding hydrogens is 506 g/mol. The molecule has 0 N–H and O–H groups in total. The van der Waals surface area contributed by atoms with Crippen LogP contribution < -0.4 is 10.4 Å². The Morgan fingerprint density at radius 3 is 2.12 bits per heavy atom. The van der Waals surface area contributed by atoms with Gasteiger partial charge in [0.05, 0.1) is 0 Å². The zero-order valence-corrected chi connectivity index (χ0v) is 26.1. The Morgan fingerprint density at radius 1 is 0.875 bits per heavy atom. The second-order valence-corrected chi connectivity index (χ2v) is 19.0. The van der Waals surface area contributed by atoms with Gasteiger partial charge in [-0.25, -0.2) is 0 Å². The van der Waals surface area contributed by atoms with E-state index in [1.807, 2.05) is 0 Å². The minimum atomic E-state index is -2.56.